The molecule has 0 saturated heterocycles. The molecule has 0 bridgehead atoms. The van der Waals surface area contributed by atoms with Crippen LogP contribution in [0.1, 0.15) is 53.4 Å². The van der Waals surface area contributed by atoms with Gasteiger partial charge in [0.15, 0.2) is 0 Å². The zero-order valence-electron chi connectivity index (χ0n) is 9.51. The molecule has 0 aromatic rings. The van der Waals surface area contributed by atoms with Gasteiger partial charge in [-0.05, 0) is 36.5 Å². The van der Waals surface area contributed by atoms with Gasteiger partial charge in [0.1, 0.15) is 0 Å². The fourth-order valence-corrected chi connectivity index (χ4v) is 2.47. The molecule has 13 heavy (non-hydrogen) atoms. The van der Waals surface area contributed by atoms with Gasteiger partial charge in [-0.2, -0.15) is 0 Å². The molecule has 0 aromatic carbocycles. The predicted molar refractivity (Wildman–Crippen MR) is 56.6 cm³/mol. The van der Waals surface area contributed by atoms with Crippen molar-refractivity contribution in [3.8, 4) is 0 Å². The van der Waals surface area contributed by atoms with Crippen LogP contribution in [-0.4, -0.2) is 11.2 Å². The zero-order valence-corrected chi connectivity index (χ0v) is 9.51. The molecular formula is C12H24O. The summed E-state index contributed by atoms with van der Waals surface area (Å²) >= 11 is 0. The van der Waals surface area contributed by atoms with Gasteiger partial charge in [0.05, 0.1) is 6.10 Å². The quantitative estimate of drug-likeness (QED) is 0.663. The van der Waals surface area contributed by atoms with E-state index in [0.717, 1.165) is 18.8 Å². The molecular weight excluding hydrogens is 160 g/mol. The second-order valence-electron chi connectivity index (χ2n) is 5.61. The molecule has 1 nitrogen and oxygen atoms in total. The Hall–Kier alpha value is -0.0400. The van der Waals surface area contributed by atoms with Crippen LogP contribution in [0.3, 0.4) is 0 Å². The molecule has 1 aliphatic rings. The lowest BCUT2D eigenvalue weighted by Crippen LogP contribution is -2.34. The van der Waals surface area contributed by atoms with E-state index in [1.807, 2.05) is 0 Å². The first-order chi connectivity index (χ1) is 5.95. The monoisotopic (exact) mass is 184 g/mol. The Labute approximate surface area is 82.5 Å². The molecule has 3 unspecified atom stereocenters. The Morgan fingerprint density at radius 3 is 2.31 bits per heavy atom. The van der Waals surface area contributed by atoms with Crippen LogP contribution in [0, 0.1) is 17.3 Å². The van der Waals surface area contributed by atoms with E-state index in [-0.39, 0.29) is 6.10 Å². The van der Waals surface area contributed by atoms with Crippen molar-refractivity contribution in [2.45, 2.75) is 59.5 Å². The SMILES string of the molecule is CCC1CC(C(C)(C)C)CCC1O. The third-order valence-corrected chi connectivity index (χ3v) is 3.69. The Balaban J connectivity index is 2.55. The van der Waals surface area contributed by atoms with Crippen molar-refractivity contribution in [1.82, 2.24) is 0 Å². The highest BCUT2D eigenvalue weighted by molar-refractivity contribution is 4.84. The van der Waals surface area contributed by atoms with Crippen molar-refractivity contribution in [1.29, 1.82) is 0 Å². The third kappa shape index (κ3) is 2.70. The second kappa shape index (κ2) is 4.00. The topological polar surface area (TPSA) is 20.2 Å². The van der Waals surface area contributed by atoms with Gasteiger partial charge in [-0.15, -0.1) is 0 Å². The smallest absolute Gasteiger partial charge is 0.0568 e. The molecule has 78 valence electrons. The standard InChI is InChI=1S/C12H24O/c1-5-9-8-10(12(2,3)4)6-7-11(9)13/h9-11,13H,5-8H2,1-4H3. The van der Waals surface area contributed by atoms with Crippen LogP contribution < -0.4 is 0 Å². The van der Waals surface area contributed by atoms with Crippen molar-refractivity contribution in [3.05, 3.63) is 0 Å². The fraction of sp³-hybridized carbons (Fsp3) is 1.00. The molecule has 0 aliphatic heterocycles. The van der Waals surface area contributed by atoms with E-state index < -0.39 is 0 Å². The molecule has 0 spiro atoms. The summed E-state index contributed by atoms with van der Waals surface area (Å²) in [4.78, 5) is 0. The number of rotatable bonds is 1. The maximum absolute atomic E-state index is 9.75. The molecule has 0 amide bonds. The first kappa shape index (κ1) is 11.0. The maximum atomic E-state index is 9.75. The lowest BCUT2D eigenvalue weighted by Gasteiger charge is -2.39. The molecule has 0 aromatic heterocycles. The summed E-state index contributed by atoms with van der Waals surface area (Å²) in [7, 11) is 0. The number of hydrogen-bond acceptors (Lipinski definition) is 1. The lowest BCUT2D eigenvalue weighted by molar-refractivity contribution is 0.0179. The summed E-state index contributed by atoms with van der Waals surface area (Å²) in [5, 5.41) is 9.75. The zero-order chi connectivity index (χ0) is 10.1. The van der Waals surface area contributed by atoms with Crippen LogP contribution in [0.2, 0.25) is 0 Å². The number of hydrogen-bond donors (Lipinski definition) is 1. The largest absolute Gasteiger partial charge is 0.393 e. The first-order valence-electron chi connectivity index (χ1n) is 5.63. The molecule has 1 aliphatic carbocycles. The van der Waals surface area contributed by atoms with Crippen LogP contribution >= 0.6 is 0 Å². The van der Waals surface area contributed by atoms with Crippen molar-refractivity contribution in [2.75, 3.05) is 0 Å². The highest BCUT2D eigenvalue weighted by atomic mass is 16.3. The second-order valence-corrected chi connectivity index (χ2v) is 5.61. The normalized spacial score (nSPS) is 36.2. The number of aliphatic hydroxyl groups excluding tert-OH is 1. The summed E-state index contributed by atoms with van der Waals surface area (Å²) in [6, 6.07) is 0. The number of aliphatic hydroxyl groups is 1. The van der Waals surface area contributed by atoms with Crippen LogP contribution in [-0.2, 0) is 0 Å². The van der Waals surface area contributed by atoms with Gasteiger partial charge in [-0.3, -0.25) is 0 Å². The third-order valence-electron chi connectivity index (χ3n) is 3.69. The minimum atomic E-state index is -0.0244. The van der Waals surface area contributed by atoms with E-state index in [4.69, 9.17) is 0 Å². The minimum absolute atomic E-state index is 0.0244. The van der Waals surface area contributed by atoms with Crippen LogP contribution in [0.15, 0.2) is 0 Å². The van der Waals surface area contributed by atoms with Crippen molar-refractivity contribution >= 4 is 0 Å². The van der Waals surface area contributed by atoms with Crippen molar-refractivity contribution < 1.29 is 5.11 Å². The Morgan fingerprint density at radius 2 is 1.85 bits per heavy atom. The summed E-state index contributed by atoms with van der Waals surface area (Å²) in [5.74, 6) is 1.36. The van der Waals surface area contributed by atoms with E-state index in [1.54, 1.807) is 0 Å². The van der Waals surface area contributed by atoms with Crippen LogP contribution in [0.4, 0.5) is 0 Å². The molecule has 1 fully saturated rings. The van der Waals surface area contributed by atoms with Crippen molar-refractivity contribution in [2.24, 2.45) is 17.3 Å². The maximum Gasteiger partial charge on any atom is 0.0568 e. The van der Waals surface area contributed by atoms with E-state index >= 15 is 0 Å². The van der Waals surface area contributed by atoms with Gasteiger partial charge in [-0.25, -0.2) is 0 Å². The average Bonchev–Trinajstić information content (AvgIpc) is 2.03. The molecule has 1 N–H and O–H groups in total. The van der Waals surface area contributed by atoms with Gasteiger partial charge < -0.3 is 5.11 Å². The Morgan fingerprint density at radius 1 is 1.23 bits per heavy atom. The molecule has 1 saturated carbocycles. The van der Waals surface area contributed by atoms with Gasteiger partial charge in [0, 0.05) is 0 Å². The van der Waals surface area contributed by atoms with E-state index in [1.165, 1.54) is 12.8 Å². The van der Waals surface area contributed by atoms with E-state index in [9.17, 15) is 5.11 Å². The van der Waals surface area contributed by atoms with Gasteiger partial charge in [-0.1, -0.05) is 34.1 Å². The predicted octanol–water partition coefficient (Wildman–Crippen LogP) is 3.22. The summed E-state index contributed by atoms with van der Waals surface area (Å²) < 4.78 is 0. The molecule has 0 radical (unpaired) electrons. The Bertz CT molecular complexity index is 157. The van der Waals surface area contributed by atoms with E-state index in [0.29, 0.717) is 11.3 Å². The fourth-order valence-electron chi connectivity index (χ4n) is 2.47. The highest BCUT2D eigenvalue weighted by Gasteiger charge is 2.33. The summed E-state index contributed by atoms with van der Waals surface area (Å²) in [5.41, 5.74) is 0.424. The van der Waals surface area contributed by atoms with Gasteiger partial charge in [0.25, 0.3) is 0 Å². The van der Waals surface area contributed by atoms with Gasteiger partial charge in [0.2, 0.25) is 0 Å². The van der Waals surface area contributed by atoms with Crippen LogP contribution in [0.5, 0.6) is 0 Å². The molecule has 1 rings (SSSR count). The molecule has 0 heterocycles. The van der Waals surface area contributed by atoms with Crippen molar-refractivity contribution in [3.63, 3.8) is 0 Å². The average molecular weight is 184 g/mol. The summed E-state index contributed by atoms with van der Waals surface area (Å²) in [6.45, 7) is 9.16. The van der Waals surface area contributed by atoms with Gasteiger partial charge >= 0.3 is 0 Å². The first-order valence-corrected chi connectivity index (χ1v) is 5.63. The van der Waals surface area contributed by atoms with E-state index in [2.05, 4.69) is 27.7 Å². The van der Waals surface area contributed by atoms with Crippen LogP contribution in [0.25, 0.3) is 0 Å². The highest BCUT2D eigenvalue weighted by Crippen LogP contribution is 2.41. The molecule has 1 heteroatoms. The summed E-state index contributed by atoms with van der Waals surface area (Å²) in [6.07, 6.45) is 4.56. The lowest BCUT2D eigenvalue weighted by atomic mass is 9.68. The Kier molecular flexibility index (Phi) is 3.39. The molecule has 3 atom stereocenters. The minimum Gasteiger partial charge on any atom is -0.393 e.